The summed E-state index contributed by atoms with van der Waals surface area (Å²) in [5, 5.41) is 6.07. The summed E-state index contributed by atoms with van der Waals surface area (Å²) in [6.45, 7) is 1.55. The number of anilines is 2. The molecule has 7 heteroatoms. The Morgan fingerprint density at radius 2 is 0.907 bits per heavy atom. The summed E-state index contributed by atoms with van der Waals surface area (Å²) in [6.07, 6.45) is 12.5. The zero-order valence-electron chi connectivity index (χ0n) is 24.7. The molecule has 0 saturated heterocycles. The number of rotatable bonds is 6. The van der Waals surface area contributed by atoms with E-state index < -0.39 is 23.3 Å². The number of nitrogens with one attached hydrogen (secondary N) is 2. The van der Waals surface area contributed by atoms with Crippen molar-refractivity contribution >= 4 is 11.4 Å². The molecule has 4 aromatic rings. The van der Waals surface area contributed by atoms with E-state index in [0.29, 0.717) is 23.2 Å². The van der Waals surface area contributed by atoms with Gasteiger partial charge < -0.3 is 10.6 Å². The quantitative estimate of drug-likeness (QED) is 0.126. The minimum Gasteiger partial charge on any atom is -0.434 e. The maximum atomic E-state index is 13.2. The molecule has 2 fully saturated rings. The van der Waals surface area contributed by atoms with Gasteiger partial charge >= 0.3 is 21.7 Å². The summed E-state index contributed by atoms with van der Waals surface area (Å²) in [5.41, 5.74) is 0.707. The van der Waals surface area contributed by atoms with Crippen molar-refractivity contribution in [2.45, 2.75) is 64.2 Å². The van der Waals surface area contributed by atoms with E-state index in [4.69, 9.17) is 0 Å². The van der Waals surface area contributed by atoms with Crippen LogP contribution in [-0.4, -0.2) is 13.1 Å². The molecule has 0 aromatic heterocycles. The Morgan fingerprint density at radius 3 is 1.19 bits per heavy atom. The van der Waals surface area contributed by atoms with Crippen molar-refractivity contribution < 1.29 is 39.3 Å². The van der Waals surface area contributed by atoms with Crippen molar-refractivity contribution in [3.8, 4) is 0 Å². The van der Waals surface area contributed by atoms with Crippen LogP contribution in [0.15, 0.2) is 84.9 Å². The molecule has 2 nitrogen and oxygen atoms in total. The van der Waals surface area contributed by atoms with E-state index in [-0.39, 0.29) is 21.7 Å². The Kier molecular flexibility index (Phi) is 18.4. The standard InChI is InChI=1S/2C13H16F2N.2C5H5.Ti/c2*14-11-6-7-13(12(15)8-11)16-9-10-4-2-1-3-5-10;2*1-2-4-5-3-1;/h2*6-7,10,16H,1-5,9H2;2*1-5H;/q4*-1;+4. The summed E-state index contributed by atoms with van der Waals surface area (Å²) in [7, 11) is 0. The minimum atomic E-state index is -0.652. The fourth-order valence-electron chi connectivity index (χ4n) is 5.09. The second-order valence-electron chi connectivity index (χ2n) is 10.8. The Morgan fingerprint density at radius 1 is 0.558 bits per heavy atom. The van der Waals surface area contributed by atoms with Crippen molar-refractivity contribution in [2.24, 2.45) is 11.8 Å². The molecule has 0 unspecified atom stereocenters. The molecular formula is C36H42F4N2Ti. The summed E-state index contributed by atoms with van der Waals surface area (Å²) in [4.78, 5) is 0. The summed E-state index contributed by atoms with van der Waals surface area (Å²) >= 11 is 0. The van der Waals surface area contributed by atoms with Gasteiger partial charge in [-0.25, -0.2) is 41.8 Å². The molecule has 4 aromatic carbocycles. The molecule has 2 saturated carbocycles. The maximum absolute atomic E-state index is 13.2. The third-order valence-corrected chi connectivity index (χ3v) is 7.45. The molecule has 2 aliphatic carbocycles. The van der Waals surface area contributed by atoms with Crippen molar-refractivity contribution in [2.75, 3.05) is 23.7 Å². The maximum Gasteiger partial charge on any atom is 4.00 e. The molecule has 0 radical (unpaired) electrons. The number of halogens is 4. The second kappa shape index (κ2) is 21.8. The molecule has 0 heterocycles. The van der Waals surface area contributed by atoms with Gasteiger partial charge in [0, 0.05) is 36.4 Å². The molecule has 43 heavy (non-hydrogen) atoms. The van der Waals surface area contributed by atoms with Crippen LogP contribution in [0.1, 0.15) is 64.2 Å². The van der Waals surface area contributed by atoms with Gasteiger partial charge in [-0.3, -0.25) is 0 Å². The van der Waals surface area contributed by atoms with E-state index in [9.17, 15) is 17.6 Å². The van der Waals surface area contributed by atoms with E-state index in [1.807, 2.05) is 72.8 Å². The van der Waals surface area contributed by atoms with Gasteiger partial charge in [-0.1, -0.05) is 38.5 Å². The van der Waals surface area contributed by atoms with Crippen molar-refractivity contribution in [3.05, 3.63) is 120 Å². The molecule has 0 bridgehead atoms. The largest absolute Gasteiger partial charge is 4.00 e. The van der Waals surface area contributed by atoms with Gasteiger partial charge in [-0.15, -0.1) is 36.4 Å². The first kappa shape index (κ1) is 36.4. The smallest absolute Gasteiger partial charge is 0.434 e. The van der Waals surface area contributed by atoms with Crippen molar-refractivity contribution in [1.29, 1.82) is 0 Å². The SMILES string of the molecule is Fc1[c-]c(F)c(NCC2CCCCC2)cc1.Fc1[c-]c(F)c(NCC2CCCCC2)cc1.[Ti+4].c1cc[cH-]c1.c1cc[cH-]c1. The average molecular weight is 627 g/mol. The zero-order chi connectivity index (χ0) is 29.8. The van der Waals surface area contributed by atoms with Gasteiger partial charge in [-0.05, 0) is 48.9 Å². The van der Waals surface area contributed by atoms with Gasteiger partial charge in [0.1, 0.15) is 0 Å². The zero-order valence-corrected chi connectivity index (χ0v) is 26.3. The molecule has 6 rings (SSSR count). The van der Waals surface area contributed by atoms with Crippen LogP contribution in [0.3, 0.4) is 0 Å². The third kappa shape index (κ3) is 15.5. The van der Waals surface area contributed by atoms with Gasteiger partial charge in [0.05, 0.1) is 0 Å². The van der Waals surface area contributed by atoms with Gasteiger partial charge in [0.15, 0.2) is 0 Å². The van der Waals surface area contributed by atoms with Crippen LogP contribution < -0.4 is 10.6 Å². The molecule has 2 aliphatic rings. The first-order valence-electron chi connectivity index (χ1n) is 15.1. The second-order valence-corrected chi connectivity index (χ2v) is 10.8. The van der Waals surface area contributed by atoms with Crippen molar-refractivity contribution in [1.82, 2.24) is 0 Å². The summed E-state index contributed by atoms with van der Waals surface area (Å²) in [5.74, 6) is -1.32. The molecule has 0 spiro atoms. The van der Waals surface area contributed by atoms with Crippen LogP contribution in [0.5, 0.6) is 0 Å². The van der Waals surface area contributed by atoms with E-state index >= 15 is 0 Å². The van der Waals surface area contributed by atoms with E-state index in [1.54, 1.807) is 0 Å². The van der Waals surface area contributed by atoms with Gasteiger partial charge in [0.25, 0.3) is 0 Å². The Balaban J connectivity index is 0.000000223. The normalized spacial score (nSPS) is 14.8. The number of benzene rings is 2. The van der Waals surface area contributed by atoms with E-state index in [2.05, 4.69) is 10.6 Å². The topological polar surface area (TPSA) is 24.1 Å². The Hall–Kier alpha value is -2.83. The molecule has 2 N–H and O–H groups in total. The van der Waals surface area contributed by atoms with Crippen LogP contribution in [0.2, 0.25) is 0 Å². The molecule has 0 amide bonds. The number of hydrogen-bond donors (Lipinski definition) is 2. The molecule has 0 atom stereocenters. The summed E-state index contributed by atoms with van der Waals surface area (Å²) < 4.78 is 51.7. The monoisotopic (exact) mass is 626 g/mol. The van der Waals surface area contributed by atoms with Crippen LogP contribution in [-0.2, 0) is 21.7 Å². The predicted octanol–water partition coefficient (Wildman–Crippen LogP) is 10.3. The van der Waals surface area contributed by atoms with E-state index in [1.165, 1.54) is 88.5 Å². The first-order chi connectivity index (χ1) is 20.5. The molecular weight excluding hydrogens is 584 g/mol. The fourth-order valence-corrected chi connectivity index (χ4v) is 5.09. The molecule has 228 valence electrons. The minimum absolute atomic E-state index is 0. The predicted molar refractivity (Wildman–Crippen MR) is 165 cm³/mol. The summed E-state index contributed by atoms with van der Waals surface area (Å²) in [6, 6.07) is 29.4. The first-order valence-corrected chi connectivity index (χ1v) is 15.1. The van der Waals surface area contributed by atoms with Gasteiger partial charge in [0.2, 0.25) is 0 Å². The van der Waals surface area contributed by atoms with E-state index in [0.717, 1.165) is 13.1 Å². The Bertz CT molecular complexity index is 1070. The van der Waals surface area contributed by atoms with Crippen molar-refractivity contribution in [3.63, 3.8) is 0 Å². The molecule has 0 aliphatic heterocycles. The van der Waals surface area contributed by atoms with Crippen LogP contribution >= 0.6 is 0 Å². The van der Waals surface area contributed by atoms with Gasteiger partial charge in [-0.2, -0.15) is 36.4 Å². The van der Waals surface area contributed by atoms with Crippen LogP contribution in [0.25, 0.3) is 0 Å². The average Bonchev–Trinajstić information content (AvgIpc) is 3.78. The Labute approximate surface area is 269 Å². The third-order valence-electron chi connectivity index (χ3n) is 7.45. The van der Waals surface area contributed by atoms with Crippen LogP contribution in [0, 0.1) is 47.2 Å². The fraction of sp³-hybridized carbons (Fsp3) is 0.389. The van der Waals surface area contributed by atoms with Crippen LogP contribution in [0.4, 0.5) is 28.9 Å². The number of hydrogen-bond acceptors (Lipinski definition) is 2.